The number of para-hydroxylation sites is 1. The fourth-order valence-electron chi connectivity index (χ4n) is 2.77. The molecule has 27 heavy (non-hydrogen) atoms. The van der Waals surface area contributed by atoms with Crippen LogP contribution in [0.15, 0.2) is 42.6 Å². The van der Waals surface area contributed by atoms with Gasteiger partial charge >= 0.3 is 6.09 Å². The summed E-state index contributed by atoms with van der Waals surface area (Å²) in [6.07, 6.45) is 0.891. The molecule has 0 aliphatic heterocycles. The fourth-order valence-corrected chi connectivity index (χ4v) is 2.77. The Kier molecular flexibility index (Phi) is 4.50. The van der Waals surface area contributed by atoms with Crippen molar-refractivity contribution in [2.24, 2.45) is 0 Å². The standard InChI is InChI=1S/C20H20N4O3/c1-13-7-5-6-8-15(13)23(19(26)27-20(2,3)4)18-11-17(25)14(12-21)16-9-10-22-24(16)18/h5-11,25H,1-4H3. The first-order valence-corrected chi connectivity index (χ1v) is 8.41. The molecule has 0 aliphatic rings. The zero-order chi connectivity index (χ0) is 19.8. The molecule has 2 heterocycles. The number of carbonyl (C=O) groups is 1. The Morgan fingerprint density at radius 3 is 2.63 bits per heavy atom. The number of carbonyl (C=O) groups excluding carboxylic acids is 1. The summed E-state index contributed by atoms with van der Waals surface area (Å²) in [4.78, 5) is 14.4. The van der Waals surface area contributed by atoms with Gasteiger partial charge in [0.1, 0.15) is 28.8 Å². The number of nitriles is 1. The van der Waals surface area contributed by atoms with Crippen LogP contribution in [-0.4, -0.2) is 26.4 Å². The summed E-state index contributed by atoms with van der Waals surface area (Å²) in [5.41, 5.74) is 1.20. The van der Waals surface area contributed by atoms with Crippen LogP contribution in [0.3, 0.4) is 0 Å². The molecular formula is C20H20N4O3. The zero-order valence-corrected chi connectivity index (χ0v) is 15.6. The van der Waals surface area contributed by atoms with Gasteiger partial charge in [0.25, 0.3) is 0 Å². The van der Waals surface area contributed by atoms with Crippen molar-refractivity contribution >= 4 is 23.1 Å². The van der Waals surface area contributed by atoms with Crippen LogP contribution in [0, 0.1) is 18.3 Å². The molecule has 0 radical (unpaired) electrons. The Morgan fingerprint density at radius 1 is 1.30 bits per heavy atom. The average molecular weight is 364 g/mol. The second-order valence-electron chi connectivity index (χ2n) is 7.11. The summed E-state index contributed by atoms with van der Waals surface area (Å²) < 4.78 is 7.02. The normalized spacial score (nSPS) is 11.2. The number of benzene rings is 1. The number of hydrogen-bond donors (Lipinski definition) is 1. The molecule has 1 N–H and O–H groups in total. The topological polar surface area (TPSA) is 90.9 Å². The second-order valence-corrected chi connectivity index (χ2v) is 7.11. The van der Waals surface area contributed by atoms with E-state index >= 15 is 0 Å². The summed E-state index contributed by atoms with van der Waals surface area (Å²) in [6.45, 7) is 7.21. The third-order valence-electron chi connectivity index (χ3n) is 3.91. The SMILES string of the molecule is Cc1ccccc1N(C(=O)OC(C)(C)C)c1cc(O)c(C#N)c2ccnn12. The molecule has 0 saturated carbocycles. The van der Waals surface area contributed by atoms with Crippen LogP contribution in [0.5, 0.6) is 5.75 Å². The molecule has 1 aromatic carbocycles. The van der Waals surface area contributed by atoms with Crippen LogP contribution in [-0.2, 0) is 4.74 Å². The number of ether oxygens (including phenoxy) is 1. The third-order valence-corrected chi connectivity index (χ3v) is 3.91. The number of aromatic nitrogens is 2. The van der Waals surface area contributed by atoms with Crippen LogP contribution in [0.2, 0.25) is 0 Å². The van der Waals surface area contributed by atoms with Gasteiger partial charge in [-0.15, -0.1) is 0 Å². The van der Waals surface area contributed by atoms with E-state index in [1.54, 1.807) is 32.9 Å². The monoisotopic (exact) mass is 364 g/mol. The Bertz CT molecular complexity index is 1060. The molecule has 0 spiro atoms. The number of anilines is 2. The van der Waals surface area contributed by atoms with Crippen molar-refractivity contribution in [1.82, 2.24) is 9.61 Å². The number of aromatic hydroxyl groups is 1. The average Bonchev–Trinajstić information content (AvgIpc) is 3.05. The fraction of sp³-hybridized carbons (Fsp3) is 0.250. The molecule has 0 aliphatic carbocycles. The molecule has 0 atom stereocenters. The van der Waals surface area contributed by atoms with Crippen molar-refractivity contribution in [2.75, 3.05) is 4.90 Å². The van der Waals surface area contributed by atoms with Crippen LogP contribution in [0.1, 0.15) is 31.9 Å². The van der Waals surface area contributed by atoms with E-state index in [0.29, 0.717) is 11.2 Å². The predicted octanol–water partition coefficient (Wildman–Crippen LogP) is 4.29. The summed E-state index contributed by atoms with van der Waals surface area (Å²) in [7, 11) is 0. The summed E-state index contributed by atoms with van der Waals surface area (Å²) in [5, 5.41) is 23.9. The van der Waals surface area contributed by atoms with Gasteiger partial charge in [0, 0.05) is 6.07 Å². The molecule has 1 amide bonds. The first-order chi connectivity index (χ1) is 12.7. The second kappa shape index (κ2) is 6.65. The maximum atomic E-state index is 13.1. The van der Waals surface area contributed by atoms with Gasteiger partial charge in [0.15, 0.2) is 0 Å². The molecule has 0 unspecified atom stereocenters. The van der Waals surface area contributed by atoms with E-state index < -0.39 is 11.7 Å². The summed E-state index contributed by atoms with van der Waals surface area (Å²) >= 11 is 0. The van der Waals surface area contributed by atoms with Gasteiger partial charge in [-0.05, 0) is 45.4 Å². The first kappa shape index (κ1) is 18.3. The number of fused-ring (bicyclic) bond motifs is 1. The van der Waals surface area contributed by atoms with Gasteiger partial charge in [0.05, 0.1) is 17.4 Å². The van der Waals surface area contributed by atoms with Gasteiger partial charge in [-0.2, -0.15) is 10.4 Å². The molecule has 2 aromatic heterocycles. The zero-order valence-electron chi connectivity index (χ0n) is 15.6. The maximum Gasteiger partial charge on any atom is 0.420 e. The lowest BCUT2D eigenvalue weighted by Gasteiger charge is -2.28. The smallest absolute Gasteiger partial charge is 0.420 e. The predicted molar refractivity (Wildman–Crippen MR) is 101 cm³/mol. The van der Waals surface area contributed by atoms with E-state index in [9.17, 15) is 15.2 Å². The van der Waals surface area contributed by atoms with Crippen molar-refractivity contribution in [3.05, 3.63) is 53.7 Å². The van der Waals surface area contributed by atoms with Gasteiger partial charge in [-0.1, -0.05) is 18.2 Å². The Morgan fingerprint density at radius 2 is 2.00 bits per heavy atom. The van der Waals surface area contributed by atoms with E-state index in [1.807, 2.05) is 31.2 Å². The van der Waals surface area contributed by atoms with Gasteiger partial charge in [-0.3, -0.25) is 0 Å². The minimum Gasteiger partial charge on any atom is -0.506 e. The van der Waals surface area contributed by atoms with Crippen LogP contribution in [0.4, 0.5) is 16.3 Å². The highest BCUT2D eigenvalue weighted by Crippen LogP contribution is 2.35. The van der Waals surface area contributed by atoms with Crippen molar-refractivity contribution in [1.29, 1.82) is 5.26 Å². The highest BCUT2D eigenvalue weighted by molar-refractivity contribution is 5.97. The largest absolute Gasteiger partial charge is 0.506 e. The molecule has 0 saturated heterocycles. The minimum absolute atomic E-state index is 0.0881. The molecule has 7 nitrogen and oxygen atoms in total. The highest BCUT2D eigenvalue weighted by atomic mass is 16.6. The van der Waals surface area contributed by atoms with Crippen LogP contribution >= 0.6 is 0 Å². The highest BCUT2D eigenvalue weighted by Gasteiger charge is 2.29. The molecule has 0 fully saturated rings. The number of hydrogen-bond acceptors (Lipinski definition) is 5. The summed E-state index contributed by atoms with van der Waals surface area (Å²) in [6, 6.07) is 12.2. The van der Waals surface area contributed by atoms with Gasteiger partial charge in [-0.25, -0.2) is 14.2 Å². The third kappa shape index (κ3) is 3.42. The Balaban J connectivity index is 2.28. The van der Waals surface area contributed by atoms with E-state index in [0.717, 1.165) is 5.56 Å². The molecule has 7 heteroatoms. The summed E-state index contributed by atoms with van der Waals surface area (Å²) in [5.74, 6) is 0.0395. The molecule has 3 rings (SSSR count). The molecule has 138 valence electrons. The maximum absolute atomic E-state index is 13.1. The lowest BCUT2D eigenvalue weighted by atomic mass is 10.1. The number of rotatable bonds is 2. The molecule has 3 aromatic rings. The van der Waals surface area contributed by atoms with Crippen molar-refractivity contribution in [3.63, 3.8) is 0 Å². The van der Waals surface area contributed by atoms with Crippen molar-refractivity contribution < 1.29 is 14.6 Å². The van der Waals surface area contributed by atoms with Crippen molar-refractivity contribution in [3.8, 4) is 11.8 Å². The van der Waals surface area contributed by atoms with Gasteiger partial charge in [0.2, 0.25) is 0 Å². The Labute approximate surface area is 157 Å². The first-order valence-electron chi connectivity index (χ1n) is 8.41. The van der Waals surface area contributed by atoms with Crippen LogP contribution in [0.25, 0.3) is 5.52 Å². The van der Waals surface area contributed by atoms with E-state index in [-0.39, 0.29) is 17.1 Å². The number of amides is 1. The molecule has 0 bridgehead atoms. The quantitative estimate of drug-likeness (QED) is 0.732. The number of pyridine rings is 1. The lowest BCUT2D eigenvalue weighted by Crippen LogP contribution is -2.35. The van der Waals surface area contributed by atoms with Gasteiger partial charge < -0.3 is 9.84 Å². The van der Waals surface area contributed by atoms with Crippen molar-refractivity contribution in [2.45, 2.75) is 33.3 Å². The van der Waals surface area contributed by atoms with E-state index in [1.165, 1.54) is 21.7 Å². The Hall–Kier alpha value is -3.53. The van der Waals surface area contributed by atoms with Crippen LogP contribution < -0.4 is 4.90 Å². The number of aryl methyl sites for hydroxylation is 1. The minimum atomic E-state index is -0.712. The van der Waals surface area contributed by atoms with E-state index in [2.05, 4.69) is 5.10 Å². The molecular weight excluding hydrogens is 344 g/mol. The number of nitrogens with zero attached hydrogens (tertiary/aromatic N) is 4. The lowest BCUT2D eigenvalue weighted by molar-refractivity contribution is 0.0597. The van der Waals surface area contributed by atoms with E-state index in [4.69, 9.17) is 4.74 Å².